The fourth-order valence-corrected chi connectivity index (χ4v) is 1.79. The summed E-state index contributed by atoms with van der Waals surface area (Å²) in [5.41, 5.74) is 0. The summed E-state index contributed by atoms with van der Waals surface area (Å²) in [6, 6.07) is 0. The third kappa shape index (κ3) is 10.2. The van der Waals surface area contributed by atoms with Gasteiger partial charge in [-0.05, 0) is 30.6 Å². The Bertz CT molecular complexity index is 138. The van der Waals surface area contributed by atoms with Crippen LogP contribution in [0.1, 0.15) is 71.6 Å². The molecule has 0 rings (SSSR count). The van der Waals surface area contributed by atoms with E-state index in [1.807, 2.05) is 0 Å². The quantitative estimate of drug-likeness (QED) is 0.388. The maximum absolute atomic E-state index is 4.50. The minimum Gasteiger partial charge on any atom is -0.148 e. The smallest absolute Gasteiger partial charge is 0.0224 e. The summed E-state index contributed by atoms with van der Waals surface area (Å²) >= 11 is 4.50. The third-order valence-corrected chi connectivity index (χ3v) is 2.88. The van der Waals surface area contributed by atoms with Gasteiger partial charge in [0, 0.05) is 0 Å². The zero-order valence-corrected chi connectivity index (χ0v) is 10.8. The maximum Gasteiger partial charge on any atom is -0.0224 e. The second kappa shape index (κ2) is 11.2. The van der Waals surface area contributed by atoms with Crippen molar-refractivity contribution in [2.24, 2.45) is 0 Å². The molecule has 0 N–H and O–H groups in total. The van der Waals surface area contributed by atoms with Crippen LogP contribution in [0.15, 0.2) is 11.0 Å². The van der Waals surface area contributed by atoms with Crippen molar-refractivity contribution in [1.29, 1.82) is 0 Å². The van der Waals surface area contributed by atoms with Crippen LogP contribution in [0.4, 0.5) is 0 Å². The summed E-state index contributed by atoms with van der Waals surface area (Å²) in [6.07, 6.45) is 14.1. The largest absolute Gasteiger partial charge is 0.148 e. The lowest BCUT2D eigenvalue weighted by atomic mass is 10.1. The van der Waals surface area contributed by atoms with Crippen molar-refractivity contribution in [3.63, 3.8) is 0 Å². The summed E-state index contributed by atoms with van der Waals surface area (Å²) < 4.78 is 0. The molecule has 0 aliphatic heterocycles. The van der Waals surface area contributed by atoms with Crippen molar-refractivity contribution in [2.45, 2.75) is 71.6 Å². The average Bonchev–Trinajstić information content (AvgIpc) is 2.19. The molecule has 0 aromatic carbocycles. The number of hydrogen-bond donors (Lipinski definition) is 1. The Hall–Kier alpha value is 0.0900. The molecule has 84 valence electrons. The second-order valence-electron chi connectivity index (χ2n) is 4.00. The average molecular weight is 214 g/mol. The summed E-state index contributed by atoms with van der Waals surface area (Å²) in [6.45, 7) is 4.50. The van der Waals surface area contributed by atoms with Crippen LogP contribution in [0.3, 0.4) is 0 Å². The van der Waals surface area contributed by atoms with Crippen LogP contribution >= 0.6 is 12.6 Å². The highest BCUT2D eigenvalue weighted by Gasteiger charge is 1.92. The first-order valence-corrected chi connectivity index (χ1v) is 6.64. The summed E-state index contributed by atoms with van der Waals surface area (Å²) in [5, 5.41) is 0. The molecule has 0 unspecified atom stereocenters. The maximum atomic E-state index is 4.50. The van der Waals surface area contributed by atoms with Gasteiger partial charge >= 0.3 is 0 Å². The molecule has 0 aliphatic rings. The van der Waals surface area contributed by atoms with Gasteiger partial charge in [0.1, 0.15) is 0 Å². The Kier molecular flexibility index (Phi) is 11.2. The van der Waals surface area contributed by atoms with Crippen LogP contribution in [-0.4, -0.2) is 0 Å². The van der Waals surface area contributed by atoms with Crippen molar-refractivity contribution in [1.82, 2.24) is 0 Å². The van der Waals surface area contributed by atoms with E-state index in [0.717, 1.165) is 0 Å². The summed E-state index contributed by atoms with van der Waals surface area (Å²) in [5.74, 6) is 0. The van der Waals surface area contributed by atoms with Gasteiger partial charge in [-0.2, -0.15) is 0 Å². The normalized spacial score (nSPS) is 12.1. The lowest BCUT2D eigenvalue weighted by Crippen LogP contribution is -1.79. The first kappa shape index (κ1) is 14.1. The van der Waals surface area contributed by atoms with E-state index < -0.39 is 0 Å². The summed E-state index contributed by atoms with van der Waals surface area (Å²) in [7, 11) is 0. The first-order chi connectivity index (χ1) is 6.81. The van der Waals surface area contributed by atoms with Gasteiger partial charge in [-0.25, -0.2) is 0 Å². The molecule has 0 bridgehead atoms. The zero-order valence-electron chi connectivity index (χ0n) is 9.89. The van der Waals surface area contributed by atoms with Crippen molar-refractivity contribution < 1.29 is 0 Å². The molecule has 0 aromatic heterocycles. The molecule has 0 aliphatic carbocycles. The van der Waals surface area contributed by atoms with Gasteiger partial charge in [-0.15, -0.1) is 12.6 Å². The Balaban J connectivity index is 3.28. The fourth-order valence-electron chi connectivity index (χ4n) is 1.50. The van der Waals surface area contributed by atoms with Gasteiger partial charge in [0.15, 0.2) is 0 Å². The zero-order chi connectivity index (χ0) is 10.6. The Morgan fingerprint density at radius 3 is 2.21 bits per heavy atom. The molecular formula is C13H26S. The molecule has 0 heterocycles. The van der Waals surface area contributed by atoms with Crippen LogP contribution in [0, 0.1) is 0 Å². The molecule has 0 atom stereocenters. The molecule has 0 amide bonds. The van der Waals surface area contributed by atoms with Gasteiger partial charge in [-0.1, -0.05) is 52.0 Å². The molecule has 0 saturated heterocycles. The lowest BCUT2D eigenvalue weighted by molar-refractivity contribution is 0.670. The van der Waals surface area contributed by atoms with Crippen molar-refractivity contribution in [2.75, 3.05) is 0 Å². The topological polar surface area (TPSA) is 0 Å². The monoisotopic (exact) mass is 214 g/mol. The van der Waals surface area contributed by atoms with E-state index in [2.05, 4.69) is 32.6 Å². The van der Waals surface area contributed by atoms with E-state index in [1.165, 1.54) is 62.7 Å². The lowest BCUT2D eigenvalue weighted by Gasteiger charge is -2.00. The van der Waals surface area contributed by atoms with E-state index in [9.17, 15) is 0 Å². The predicted molar refractivity (Wildman–Crippen MR) is 70.0 cm³/mol. The van der Waals surface area contributed by atoms with E-state index in [4.69, 9.17) is 0 Å². The van der Waals surface area contributed by atoms with Crippen LogP contribution < -0.4 is 0 Å². The van der Waals surface area contributed by atoms with Crippen LogP contribution in [0.25, 0.3) is 0 Å². The minimum atomic E-state index is 1.19. The summed E-state index contributed by atoms with van der Waals surface area (Å²) in [4.78, 5) is 1.30. The number of thiol groups is 1. The van der Waals surface area contributed by atoms with Gasteiger partial charge < -0.3 is 0 Å². The SMILES string of the molecule is CCCCC/C=C(\S)CCCCCC. The highest BCUT2D eigenvalue weighted by molar-refractivity contribution is 7.84. The molecule has 1 heteroatoms. The van der Waals surface area contributed by atoms with Crippen LogP contribution in [0.5, 0.6) is 0 Å². The van der Waals surface area contributed by atoms with Crippen molar-refractivity contribution >= 4 is 12.6 Å². The molecule has 0 nitrogen and oxygen atoms in total. The van der Waals surface area contributed by atoms with E-state index >= 15 is 0 Å². The molecule has 0 saturated carbocycles. The fraction of sp³-hybridized carbons (Fsp3) is 0.846. The Morgan fingerprint density at radius 2 is 1.57 bits per heavy atom. The molecule has 0 fully saturated rings. The molecule has 0 aromatic rings. The number of allylic oxidation sites excluding steroid dienone is 2. The molecule has 14 heavy (non-hydrogen) atoms. The standard InChI is InChI=1S/C13H26S/c1-3-5-7-9-11-13(14)12-10-8-6-4-2/h11,14H,3-10,12H2,1-2H3/b13-11-. The first-order valence-electron chi connectivity index (χ1n) is 6.19. The third-order valence-electron chi connectivity index (χ3n) is 2.47. The molecule has 0 spiro atoms. The van der Waals surface area contributed by atoms with E-state index in [-0.39, 0.29) is 0 Å². The van der Waals surface area contributed by atoms with Crippen LogP contribution in [0.2, 0.25) is 0 Å². The van der Waals surface area contributed by atoms with Crippen molar-refractivity contribution in [3.05, 3.63) is 11.0 Å². The van der Waals surface area contributed by atoms with Crippen molar-refractivity contribution in [3.8, 4) is 0 Å². The van der Waals surface area contributed by atoms with Gasteiger partial charge in [-0.3, -0.25) is 0 Å². The Morgan fingerprint density at radius 1 is 0.929 bits per heavy atom. The van der Waals surface area contributed by atoms with Crippen LogP contribution in [-0.2, 0) is 0 Å². The molecule has 0 radical (unpaired) electrons. The molecular weight excluding hydrogens is 188 g/mol. The number of rotatable bonds is 9. The van der Waals surface area contributed by atoms with Gasteiger partial charge in [0.2, 0.25) is 0 Å². The minimum absolute atomic E-state index is 1.19. The highest BCUT2D eigenvalue weighted by Crippen LogP contribution is 2.15. The number of hydrogen-bond acceptors (Lipinski definition) is 1. The predicted octanol–water partition coefficient (Wildman–Crippen LogP) is 5.35. The van der Waals surface area contributed by atoms with Gasteiger partial charge in [0.25, 0.3) is 0 Å². The highest BCUT2D eigenvalue weighted by atomic mass is 32.1. The second-order valence-corrected chi connectivity index (χ2v) is 4.58. The van der Waals surface area contributed by atoms with Gasteiger partial charge in [0.05, 0.1) is 0 Å². The Labute approximate surface area is 95.6 Å². The van der Waals surface area contributed by atoms with E-state index in [1.54, 1.807) is 0 Å². The van der Waals surface area contributed by atoms with E-state index in [0.29, 0.717) is 0 Å². The number of unbranched alkanes of at least 4 members (excludes halogenated alkanes) is 6.